The summed E-state index contributed by atoms with van der Waals surface area (Å²) in [5, 5.41) is 0. The van der Waals surface area contributed by atoms with E-state index in [-0.39, 0.29) is 29.6 Å². The zero-order valence-corrected chi connectivity index (χ0v) is 17.1. The molecule has 2 aromatic rings. The van der Waals surface area contributed by atoms with Crippen molar-refractivity contribution in [2.24, 2.45) is 0 Å². The molecule has 3 rings (SSSR count). The largest absolute Gasteiger partial charge is 0.495 e. The van der Waals surface area contributed by atoms with Crippen molar-refractivity contribution in [1.29, 1.82) is 0 Å². The molecule has 0 N–H and O–H groups in total. The maximum Gasteiger partial charge on any atom is 0.247 e. The Morgan fingerprint density at radius 2 is 1.96 bits per heavy atom. The van der Waals surface area contributed by atoms with Crippen molar-refractivity contribution in [3.63, 3.8) is 0 Å². The lowest BCUT2D eigenvalue weighted by Gasteiger charge is -2.29. The maximum absolute atomic E-state index is 13.4. The number of sulfonamides is 1. The second-order valence-electron chi connectivity index (χ2n) is 6.95. The van der Waals surface area contributed by atoms with E-state index in [4.69, 9.17) is 9.15 Å². The summed E-state index contributed by atoms with van der Waals surface area (Å²) in [5.41, 5.74) is 0.791. The van der Waals surface area contributed by atoms with Crippen molar-refractivity contribution in [2.45, 2.75) is 37.6 Å². The molecule has 1 saturated heterocycles. The summed E-state index contributed by atoms with van der Waals surface area (Å²) in [6.45, 7) is 2.89. The fourth-order valence-electron chi connectivity index (χ4n) is 3.32. The Kier molecular flexibility index (Phi) is 6.41. The molecule has 0 spiro atoms. The topological polar surface area (TPSA) is 80.1 Å². The van der Waals surface area contributed by atoms with E-state index >= 15 is 0 Å². The molecule has 0 radical (unpaired) electrons. The van der Waals surface area contributed by atoms with Crippen LogP contribution in [0.2, 0.25) is 0 Å². The summed E-state index contributed by atoms with van der Waals surface area (Å²) in [5.74, 6) is 0.531. The van der Waals surface area contributed by atoms with Gasteiger partial charge in [-0.1, -0.05) is 6.07 Å². The van der Waals surface area contributed by atoms with E-state index in [1.54, 1.807) is 35.2 Å². The summed E-state index contributed by atoms with van der Waals surface area (Å²) < 4.78 is 38.7. The van der Waals surface area contributed by atoms with Crippen LogP contribution in [-0.4, -0.2) is 50.3 Å². The number of likely N-dealkylation sites (tertiary alicyclic amines) is 1. The minimum Gasteiger partial charge on any atom is -0.495 e. The Balaban J connectivity index is 1.93. The van der Waals surface area contributed by atoms with Gasteiger partial charge in [-0.05, 0) is 56.0 Å². The zero-order valence-electron chi connectivity index (χ0n) is 16.3. The molecule has 1 aliphatic rings. The molecule has 1 amide bonds. The summed E-state index contributed by atoms with van der Waals surface area (Å²) in [6, 6.07) is 8.36. The van der Waals surface area contributed by atoms with E-state index < -0.39 is 10.0 Å². The predicted molar refractivity (Wildman–Crippen MR) is 104 cm³/mol. The third-order valence-electron chi connectivity index (χ3n) is 4.87. The van der Waals surface area contributed by atoms with Crippen molar-refractivity contribution in [2.75, 3.05) is 26.7 Å². The number of hydrogen-bond acceptors (Lipinski definition) is 5. The van der Waals surface area contributed by atoms with Gasteiger partial charge in [-0.25, -0.2) is 8.42 Å². The number of hydrogen-bond donors (Lipinski definition) is 0. The quantitative estimate of drug-likeness (QED) is 0.706. The van der Waals surface area contributed by atoms with Crippen molar-refractivity contribution >= 4 is 15.9 Å². The number of aryl methyl sites for hydroxylation is 1. The maximum atomic E-state index is 13.4. The van der Waals surface area contributed by atoms with E-state index in [0.29, 0.717) is 18.8 Å². The van der Waals surface area contributed by atoms with Crippen LogP contribution in [0, 0.1) is 6.92 Å². The van der Waals surface area contributed by atoms with Gasteiger partial charge in [0.1, 0.15) is 16.4 Å². The molecule has 1 aliphatic heterocycles. The van der Waals surface area contributed by atoms with Crippen LogP contribution in [0.15, 0.2) is 45.9 Å². The van der Waals surface area contributed by atoms with Gasteiger partial charge in [-0.2, -0.15) is 4.31 Å². The first-order valence-electron chi connectivity index (χ1n) is 9.37. The standard InChI is InChI=1S/C20H26N2O5S/c1-16-8-9-18(26-2)19(13-16)28(24,25)22(14-17-7-6-12-27-17)15-20(23)21-10-4-3-5-11-21/h6-9,12-13H,3-5,10-11,14-15H2,1-2H3. The van der Waals surface area contributed by atoms with Crippen LogP contribution in [0.4, 0.5) is 0 Å². The summed E-state index contributed by atoms with van der Waals surface area (Å²) in [7, 11) is -2.55. The Labute approximate surface area is 165 Å². The van der Waals surface area contributed by atoms with Gasteiger partial charge in [-0.3, -0.25) is 4.79 Å². The number of benzene rings is 1. The highest BCUT2D eigenvalue weighted by Gasteiger charge is 2.32. The molecule has 0 unspecified atom stereocenters. The van der Waals surface area contributed by atoms with Gasteiger partial charge in [0, 0.05) is 13.1 Å². The van der Waals surface area contributed by atoms with Crippen LogP contribution in [0.5, 0.6) is 5.75 Å². The monoisotopic (exact) mass is 406 g/mol. The van der Waals surface area contributed by atoms with Gasteiger partial charge in [0.15, 0.2) is 0 Å². The van der Waals surface area contributed by atoms with E-state index in [1.807, 2.05) is 6.92 Å². The van der Waals surface area contributed by atoms with Crippen molar-refractivity contribution in [3.8, 4) is 5.75 Å². The molecule has 0 bridgehead atoms. The van der Waals surface area contributed by atoms with Crippen molar-refractivity contribution in [1.82, 2.24) is 9.21 Å². The summed E-state index contributed by atoms with van der Waals surface area (Å²) in [6.07, 6.45) is 4.48. The highest BCUT2D eigenvalue weighted by Crippen LogP contribution is 2.29. The number of furan rings is 1. The van der Waals surface area contributed by atoms with Crippen LogP contribution >= 0.6 is 0 Å². The smallest absolute Gasteiger partial charge is 0.247 e. The molecule has 28 heavy (non-hydrogen) atoms. The molecule has 7 nitrogen and oxygen atoms in total. The number of rotatable bonds is 7. The van der Waals surface area contributed by atoms with Gasteiger partial charge in [0.2, 0.25) is 15.9 Å². The first kappa shape index (κ1) is 20.4. The van der Waals surface area contributed by atoms with Crippen molar-refractivity contribution in [3.05, 3.63) is 47.9 Å². The summed E-state index contributed by atoms with van der Waals surface area (Å²) in [4.78, 5) is 14.6. The van der Waals surface area contributed by atoms with Gasteiger partial charge in [0.05, 0.1) is 26.5 Å². The van der Waals surface area contributed by atoms with Gasteiger partial charge in [-0.15, -0.1) is 0 Å². The molecule has 0 atom stereocenters. The lowest BCUT2D eigenvalue weighted by molar-refractivity contribution is -0.132. The van der Waals surface area contributed by atoms with Crippen LogP contribution in [0.25, 0.3) is 0 Å². The Morgan fingerprint density at radius 3 is 2.61 bits per heavy atom. The molecular formula is C20H26N2O5S. The second-order valence-corrected chi connectivity index (χ2v) is 8.85. The number of carbonyl (C=O) groups excluding carboxylic acids is 1. The molecule has 0 saturated carbocycles. The summed E-state index contributed by atoms with van der Waals surface area (Å²) >= 11 is 0. The normalized spacial score (nSPS) is 15.0. The molecule has 1 aromatic carbocycles. The SMILES string of the molecule is COc1ccc(C)cc1S(=O)(=O)N(CC(=O)N1CCCCC1)Cc1ccco1. The third-order valence-corrected chi connectivity index (χ3v) is 6.68. The Hall–Kier alpha value is -2.32. The number of piperidine rings is 1. The fraction of sp³-hybridized carbons (Fsp3) is 0.450. The van der Waals surface area contributed by atoms with Crippen molar-refractivity contribution < 1.29 is 22.4 Å². The average molecular weight is 407 g/mol. The lowest BCUT2D eigenvalue weighted by Crippen LogP contribution is -2.44. The third kappa shape index (κ3) is 4.56. The lowest BCUT2D eigenvalue weighted by atomic mass is 10.1. The van der Waals surface area contributed by atoms with Gasteiger partial charge in [0.25, 0.3) is 0 Å². The molecule has 2 heterocycles. The van der Waals surface area contributed by atoms with Crippen LogP contribution < -0.4 is 4.74 Å². The fourth-order valence-corrected chi connectivity index (χ4v) is 4.92. The highest BCUT2D eigenvalue weighted by atomic mass is 32.2. The number of methoxy groups -OCH3 is 1. The van der Waals surface area contributed by atoms with Crippen LogP contribution in [0.1, 0.15) is 30.6 Å². The number of nitrogens with zero attached hydrogens (tertiary/aromatic N) is 2. The minimum absolute atomic E-state index is 0.0218. The molecule has 8 heteroatoms. The van der Waals surface area contributed by atoms with E-state index in [1.165, 1.54) is 17.7 Å². The zero-order chi connectivity index (χ0) is 20.1. The van der Waals surface area contributed by atoms with E-state index in [0.717, 1.165) is 24.8 Å². The number of ether oxygens (including phenoxy) is 1. The molecule has 1 fully saturated rings. The van der Waals surface area contributed by atoms with E-state index in [9.17, 15) is 13.2 Å². The molecule has 1 aromatic heterocycles. The average Bonchev–Trinajstić information content (AvgIpc) is 3.21. The first-order valence-corrected chi connectivity index (χ1v) is 10.8. The van der Waals surface area contributed by atoms with Gasteiger partial charge < -0.3 is 14.1 Å². The number of amides is 1. The highest BCUT2D eigenvalue weighted by molar-refractivity contribution is 7.89. The van der Waals surface area contributed by atoms with Gasteiger partial charge >= 0.3 is 0 Å². The molecule has 152 valence electrons. The molecule has 0 aliphatic carbocycles. The minimum atomic E-state index is -3.98. The Bertz CT molecular complexity index is 903. The number of carbonyl (C=O) groups is 1. The molecular weight excluding hydrogens is 380 g/mol. The Morgan fingerprint density at radius 1 is 1.21 bits per heavy atom. The van der Waals surface area contributed by atoms with E-state index in [2.05, 4.69) is 0 Å². The predicted octanol–water partition coefficient (Wildman–Crippen LogP) is 2.80. The van der Waals surface area contributed by atoms with Crippen LogP contribution in [0.3, 0.4) is 0 Å². The second kappa shape index (κ2) is 8.79. The van der Waals surface area contributed by atoms with Crippen LogP contribution in [-0.2, 0) is 21.4 Å². The first-order chi connectivity index (χ1) is 13.4.